The van der Waals surface area contributed by atoms with Gasteiger partial charge in [0.1, 0.15) is 5.01 Å². The molecular weight excluding hydrogens is 330 g/mol. The zero-order chi connectivity index (χ0) is 16.1. The summed E-state index contributed by atoms with van der Waals surface area (Å²) >= 11 is 7.19. The molecule has 0 saturated carbocycles. The summed E-state index contributed by atoms with van der Waals surface area (Å²) in [5, 5.41) is 12.4. The van der Waals surface area contributed by atoms with Crippen LogP contribution in [-0.2, 0) is 0 Å². The molecule has 1 amide bonds. The lowest BCUT2D eigenvalue weighted by atomic mass is 10.2. The van der Waals surface area contributed by atoms with Crippen molar-refractivity contribution in [2.75, 3.05) is 5.32 Å². The lowest BCUT2D eigenvalue weighted by Gasteiger charge is -2.00. The van der Waals surface area contributed by atoms with Crippen LogP contribution in [0.4, 0.5) is 5.13 Å². The average molecular weight is 342 g/mol. The molecule has 1 aromatic heterocycles. The van der Waals surface area contributed by atoms with E-state index in [4.69, 9.17) is 11.6 Å². The lowest BCUT2D eigenvalue weighted by molar-refractivity contribution is 0.102. The van der Waals surface area contributed by atoms with Gasteiger partial charge in [0.15, 0.2) is 0 Å². The molecule has 1 N–H and O–H groups in total. The molecule has 0 atom stereocenters. The molecule has 0 aliphatic rings. The van der Waals surface area contributed by atoms with Gasteiger partial charge in [0.2, 0.25) is 5.13 Å². The van der Waals surface area contributed by atoms with E-state index in [0.29, 0.717) is 15.7 Å². The first-order valence-electron chi connectivity index (χ1n) is 6.84. The highest BCUT2D eigenvalue weighted by Gasteiger charge is 2.09. The first-order chi connectivity index (χ1) is 11.2. The number of carbonyl (C=O) groups excluding carboxylic acids is 1. The van der Waals surface area contributed by atoms with Crippen molar-refractivity contribution in [1.82, 2.24) is 10.2 Å². The van der Waals surface area contributed by atoms with E-state index < -0.39 is 0 Å². The summed E-state index contributed by atoms with van der Waals surface area (Å²) in [5.74, 6) is -0.262. The Labute approximate surface area is 142 Å². The number of anilines is 1. The number of carbonyl (C=O) groups is 1. The van der Waals surface area contributed by atoms with E-state index in [0.717, 1.165) is 10.6 Å². The van der Waals surface area contributed by atoms with Crippen molar-refractivity contribution in [3.63, 3.8) is 0 Å². The van der Waals surface area contributed by atoms with E-state index in [1.807, 2.05) is 42.5 Å². The Hall–Kier alpha value is -2.50. The van der Waals surface area contributed by atoms with Gasteiger partial charge in [-0.25, -0.2) is 0 Å². The molecule has 0 spiro atoms. The van der Waals surface area contributed by atoms with Crippen LogP contribution >= 0.6 is 22.9 Å². The second-order valence-corrected chi connectivity index (χ2v) is 6.10. The summed E-state index contributed by atoms with van der Waals surface area (Å²) in [6, 6.07) is 16.6. The van der Waals surface area contributed by atoms with E-state index in [1.54, 1.807) is 24.3 Å². The quantitative estimate of drug-likeness (QED) is 0.753. The number of amides is 1. The molecule has 4 nitrogen and oxygen atoms in total. The average Bonchev–Trinajstić information content (AvgIpc) is 3.01. The fourth-order valence-electron chi connectivity index (χ4n) is 1.88. The summed E-state index contributed by atoms with van der Waals surface area (Å²) in [7, 11) is 0. The van der Waals surface area contributed by atoms with Crippen LogP contribution in [0.5, 0.6) is 0 Å². The minimum absolute atomic E-state index is 0.262. The van der Waals surface area contributed by atoms with Crippen molar-refractivity contribution in [3.8, 4) is 0 Å². The number of hydrogen-bond acceptors (Lipinski definition) is 4. The molecule has 0 saturated heterocycles. The number of rotatable bonds is 4. The molecule has 6 heteroatoms. The van der Waals surface area contributed by atoms with Crippen molar-refractivity contribution < 1.29 is 4.79 Å². The predicted octanol–water partition coefficient (Wildman–Crippen LogP) is 4.61. The van der Waals surface area contributed by atoms with Crippen LogP contribution in [0.3, 0.4) is 0 Å². The third-order valence-electron chi connectivity index (χ3n) is 2.97. The lowest BCUT2D eigenvalue weighted by Crippen LogP contribution is -2.11. The summed E-state index contributed by atoms with van der Waals surface area (Å²) in [4.78, 5) is 12.1. The van der Waals surface area contributed by atoms with Crippen molar-refractivity contribution >= 4 is 46.1 Å². The zero-order valence-corrected chi connectivity index (χ0v) is 13.5. The fraction of sp³-hybridized carbons (Fsp3) is 0. The minimum atomic E-state index is -0.262. The monoisotopic (exact) mass is 341 g/mol. The minimum Gasteiger partial charge on any atom is -0.296 e. The molecule has 23 heavy (non-hydrogen) atoms. The summed E-state index contributed by atoms with van der Waals surface area (Å²) < 4.78 is 0. The van der Waals surface area contributed by atoms with Gasteiger partial charge in [-0.05, 0) is 29.8 Å². The Morgan fingerprint density at radius 2 is 1.87 bits per heavy atom. The number of aromatic nitrogens is 2. The number of nitrogens with zero attached hydrogens (tertiary/aromatic N) is 2. The number of benzene rings is 2. The molecule has 2 aromatic carbocycles. The molecule has 114 valence electrons. The maximum atomic E-state index is 12.1. The molecule has 3 rings (SSSR count). The molecule has 0 bridgehead atoms. The van der Waals surface area contributed by atoms with Gasteiger partial charge in [0, 0.05) is 10.6 Å². The van der Waals surface area contributed by atoms with E-state index in [9.17, 15) is 4.79 Å². The largest absolute Gasteiger partial charge is 0.296 e. The first-order valence-corrected chi connectivity index (χ1v) is 8.04. The van der Waals surface area contributed by atoms with E-state index in [2.05, 4.69) is 15.5 Å². The van der Waals surface area contributed by atoms with E-state index in [1.165, 1.54) is 11.3 Å². The molecule has 0 fully saturated rings. The maximum Gasteiger partial charge on any atom is 0.257 e. The molecule has 0 aliphatic carbocycles. The van der Waals surface area contributed by atoms with Crippen LogP contribution in [0.25, 0.3) is 12.2 Å². The molecule has 0 aliphatic heterocycles. The Kier molecular flexibility index (Phi) is 4.80. The summed E-state index contributed by atoms with van der Waals surface area (Å²) in [6.45, 7) is 0. The van der Waals surface area contributed by atoms with Crippen LogP contribution in [-0.4, -0.2) is 16.1 Å². The third-order valence-corrected chi connectivity index (χ3v) is 4.00. The van der Waals surface area contributed by atoms with Crippen LogP contribution in [0.2, 0.25) is 5.02 Å². The Morgan fingerprint density at radius 1 is 1.04 bits per heavy atom. The zero-order valence-electron chi connectivity index (χ0n) is 11.9. The van der Waals surface area contributed by atoms with Gasteiger partial charge in [-0.3, -0.25) is 10.1 Å². The standard InChI is InChI=1S/C17H12ClN3OS/c18-14-8-4-7-13(11-14)16(22)19-17-21-20-15(23-17)10-9-12-5-2-1-3-6-12/h1-11H,(H,19,21,22). The number of hydrogen-bond donors (Lipinski definition) is 1. The topological polar surface area (TPSA) is 54.9 Å². The summed E-state index contributed by atoms with van der Waals surface area (Å²) in [5.41, 5.74) is 1.56. The molecule has 0 radical (unpaired) electrons. The molecule has 3 aromatic rings. The Morgan fingerprint density at radius 3 is 2.65 bits per heavy atom. The second-order valence-electron chi connectivity index (χ2n) is 4.65. The SMILES string of the molecule is O=C(Nc1nnc(C=Cc2ccccc2)s1)c1cccc(Cl)c1. The van der Waals surface area contributed by atoms with Gasteiger partial charge in [-0.1, -0.05) is 65.4 Å². The fourth-order valence-corrected chi connectivity index (χ4v) is 2.71. The molecular formula is C17H12ClN3OS. The number of nitrogens with one attached hydrogen (secondary N) is 1. The van der Waals surface area contributed by atoms with Gasteiger partial charge in [-0.2, -0.15) is 0 Å². The third kappa shape index (κ3) is 4.25. The van der Waals surface area contributed by atoms with E-state index in [-0.39, 0.29) is 5.91 Å². The van der Waals surface area contributed by atoms with Gasteiger partial charge < -0.3 is 0 Å². The first kappa shape index (κ1) is 15.4. The normalized spacial score (nSPS) is 10.8. The van der Waals surface area contributed by atoms with Crippen molar-refractivity contribution in [1.29, 1.82) is 0 Å². The van der Waals surface area contributed by atoms with Gasteiger partial charge in [0.25, 0.3) is 5.91 Å². The van der Waals surface area contributed by atoms with Crippen LogP contribution in [0.15, 0.2) is 54.6 Å². The van der Waals surface area contributed by atoms with Crippen molar-refractivity contribution in [2.45, 2.75) is 0 Å². The second kappa shape index (κ2) is 7.17. The van der Waals surface area contributed by atoms with Crippen LogP contribution in [0.1, 0.15) is 20.9 Å². The smallest absolute Gasteiger partial charge is 0.257 e. The Bertz CT molecular complexity index is 846. The molecule has 1 heterocycles. The van der Waals surface area contributed by atoms with Crippen LogP contribution < -0.4 is 5.32 Å². The highest BCUT2D eigenvalue weighted by atomic mass is 35.5. The van der Waals surface area contributed by atoms with Gasteiger partial charge in [-0.15, -0.1) is 10.2 Å². The number of halogens is 1. The maximum absolute atomic E-state index is 12.1. The predicted molar refractivity (Wildman–Crippen MR) is 94.7 cm³/mol. The Balaban J connectivity index is 1.68. The van der Waals surface area contributed by atoms with Gasteiger partial charge in [0.05, 0.1) is 0 Å². The van der Waals surface area contributed by atoms with Crippen molar-refractivity contribution in [3.05, 3.63) is 75.8 Å². The van der Waals surface area contributed by atoms with E-state index >= 15 is 0 Å². The van der Waals surface area contributed by atoms with Crippen molar-refractivity contribution in [2.24, 2.45) is 0 Å². The highest BCUT2D eigenvalue weighted by molar-refractivity contribution is 7.16. The van der Waals surface area contributed by atoms with Crippen LogP contribution in [0, 0.1) is 0 Å². The molecule has 0 unspecified atom stereocenters. The summed E-state index contributed by atoms with van der Waals surface area (Å²) in [6.07, 6.45) is 3.81. The highest BCUT2D eigenvalue weighted by Crippen LogP contribution is 2.19. The van der Waals surface area contributed by atoms with Gasteiger partial charge >= 0.3 is 0 Å².